The first-order valence-electron chi connectivity index (χ1n) is 11.7. The molecule has 3 heterocycles. The van der Waals surface area contributed by atoms with Gasteiger partial charge in [-0.05, 0) is 48.8 Å². The first-order valence-corrected chi connectivity index (χ1v) is 11.7. The van der Waals surface area contributed by atoms with Crippen molar-refractivity contribution in [1.82, 2.24) is 4.98 Å². The van der Waals surface area contributed by atoms with Gasteiger partial charge in [-0.2, -0.15) is 0 Å². The number of ether oxygens (including phenoxy) is 2. The molecule has 0 saturated carbocycles. The number of rotatable bonds is 7. The number of pyridine rings is 1. The predicted octanol–water partition coefficient (Wildman–Crippen LogP) is 5.47. The molecule has 3 aliphatic rings. The lowest BCUT2D eigenvalue weighted by Gasteiger charge is -2.27. The van der Waals surface area contributed by atoms with Crippen LogP contribution in [0.1, 0.15) is 52.9 Å². The van der Waals surface area contributed by atoms with Crippen LogP contribution in [0.4, 0.5) is 17.3 Å². The van der Waals surface area contributed by atoms with Crippen LogP contribution < -0.4 is 15.5 Å². The zero-order valence-electron chi connectivity index (χ0n) is 19.8. The van der Waals surface area contributed by atoms with Crippen LogP contribution in [-0.4, -0.2) is 30.0 Å². The van der Waals surface area contributed by atoms with Gasteiger partial charge in [-0.3, -0.25) is 4.79 Å². The van der Waals surface area contributed by atoms with E-state index < -0.39 is 0 Å². The number of carbonyl (C=O) groups is 1. The highest BCUT2D eigenvalue weighted by molar-refractivity contribution is 5.94. The molecule has 1 amide bonds. The van der Waals surface area contributed by atoms with E-state index in [9.17, 15) is 4.79 Å². The van der Waals surface area contributed by atoms with E-state index in [2.05, 4.69) is 54.5 Å². The summed E-state index contributed by atoms with van der Waals surface area (Å²) in [5.74, 6) is 2.23. The molecule has 4 rings (SSSR count). The van der Waals surface area contributed by atoms with Gasteiger partial charge in [-0.15, -0.1) is 0 Å². The molecule has 1 aliphatic carbocycles. The number of nitrogens with one attached hydrogen (secondary N) is 2. The lowest BCUT2D eigenvalue weighted by Crippen LogP contribution is -2.28. The van der Waals surface area contributed by atoms with Gasteiger partial charge in [0, 0.05) is 19.5 Å². The second-order valence-electron chi connectivity index (χ2n) is 9.88. The third kappa shape index (κ3) is 6.18. The first kappa shape index (κ1) is 23.0. The van der Waals surface area contributed by atoms with Crippen LogP contribution in [-0.2, 0) is 14.3 Å². The Kier molecular flexibility index (Phi) is 7.06. The molecule has 0 radical (unpaired) electrons. The third-order valence-corrected chi connectivity index (χ3v) is 5.76. The van der Waals surface area contributed by atoms with Crippen LogP contribution in [0.15, 0.2) is 60.5 Å². The molecule has 0 spiro atoms. The van der Waals surface area contributed by atoms with Gasteiger partial charge < -0.3 is 25.0 Å². The van der Waals surface area contributed by atoms with Gasteiger partial charge in [0.1, 0.15) is 30.6 Å². The minimum Gasteiger partial charge on any atom is -0.466 e. The fraction of sp³-hybridized carbons (Fsp3) is 0.462. The first-order chi connectivity index (χ1) is 15.9. The van der Waals surface area contributed by atoms with E-state index >= 15 is 0 Å². The minimum absolute atomic E-state index is 0.00665. The van der Waals surface area contributed by atoms with Crippen molar-refractivity contribution >= 4 is 23.2 Å². The Bertz CT molecular complexity index is 982. The molecule has 1 fully saturated rings. The van der Waals surface area contributed by atoms with Gasteiger partial charge in [0.25, 0.3) is 0 Å². The lowest BCUT2D eigenvalue weighted by atomic mass is 9.92. The summed E-state index contributed by atoms with van der Waals surface area (Å²) < 4.78 is 11.1. The summed E-state index contributed by atoms with van der Waals surface area (Å²) in [4.78, 5) is 19.8. The molecule has 1 aromatic rings. The molecule has 2 aliphatic heterocycles. The van der Waals surface area contributed by atoms with Crippen LogP contribution >= 0.6 is 0 Å². The molecule has 1 unspecified atom stereocenters. The number of aromatic nitrogens is 1. The Hall–Kier alpha value is -3.22. The van der Waals surface area contributed by atoms with Crippen molar-refractivity contribution in [2.45, 2.75) is 58.9 Å². The van der Waals surface area contributed by atoms with Crippen molar-refractivity contribution in [3.05, 3.63) is 60.5 Å². The summed E-state index contributed by atoms with van der Waals surface area (Å²) >= 11 is 0. The largest absolute Gasteiger partial charge is 0.466 e. The standard InChI is InChI=1S/C26H34N4O3/c1-26(2,3)17-23(31)27-20-11-12-22(29-25(20)30-13-7-8-14-30)28-24(19-9-5-4-6-10-19)21-18-32-15-16-33-21/h4-5,9,11-12,15-16,18,24H,6-8,10,13-14,17H2,1-3H3,(H,27,31)(H,28,29). The highest BCUT2D eigenvalue weighted by Gasteiger charge is 2.25. The second kappa shape index (κ2) is 10.1. The zero-order valence-corrected chi connectivity index (χ0v) is 19.8. The van der Waals surface area contributed by atoms with Crippen LogP contribution in [0.3, 0.4) is 0 Å². The quantitative estimate of drug-likeness (QED) is 0.573. The van der Waals surface area contributed by atoms with Gasteiger partial charge in [0.2, 0.25) is 5.91 Å². The van der Waals surface area contributed by atoms with Crippen LogP contribution in [0.5, 0.6) is 0 Å². The van der Waals surface area contributed by atoms with Gasteiger partial charge in [-0.1, -0.05) is 39.0 Å². The summed E-state index contributed by atoms with van der Waals surface area (Å²) in [7, 11) is 0. The Morgan fingerprint density at radius 1 is 1.21 bits per heavy atom. The van der Waals surface area contributed by atoms with Crippen molar-refractivity contribution in [2.24, 2.45) is 5.41 Å². The fourth-order valence-corrected chi connectivity index (χ4v) is 4.24. The normalized spacial score (nSPS) is 18.7. The molecular formula is C26H34N4O3. The van der Waals surface area contributed by atoms with E-state index in [1.54, 1.807) is 12.5 Å². The predicted molar refractivity (Wildman–Crippen MR) is 132 cm³/mol. The molecule has 0 aromatic carbocycles. The molecule has 7 heteroatoms. The topological polar surface area (TPSA) is 75.7 Å². The van der Waals surface area contributed by atoms with Crippen molar-refractivity contribution in [1.29, 1.82) is 0 Å². The molecule has 33 heavy (non-hydrogen) atoms. The maximum atomic E-state index is 12.6. The second-order valence-corrected chi connectivity index (χ2v) is 9.88. The molecular weight excluding hydrogens is 416 g/mol. The van der Waals surface area contributed by atoms with Gasteiger partial charge in [-0.25, -0.2) is 4.98 Å². The highest BCUT2D eigenvalue weighted by Crippen LogP contribution is 2.32. The highest BCUT2D eigenvalue weighted by atomic mass is 16.5. The number of nitrogens with zero attached hydrogens (tertiary/aromatic N) is 2. The Labute approximate surface area is 196 Å². The Morgan fingerprint density at radius 2 is 2.03 bits per heavy atom. The Balaban J connectivity index is 1.60. The van der Waals surface area contributed by atoms with Crippen molar-refractivity contribution in [3.63, 3.8) is 0 Å². The fourth-order valence-electron chi connectivity index (χ4n) is 4.24. The molecule has 2 N–H and O–H groups in total. The van der Waals surface area contributed by atoms with Crippen LogP contribution in [0, 0.1) is 5.41 Å². The monoisotopic (exact) mass is 450 g/mol. The maximum Gasteiger partial charge on any atom is 0.224 e. The van der Waals surface area contributed by atoms with Crippen LogP contribution in [0.25, 0.3) is 0 Å². The number of hydrogen-bond donors (Lipinski definition) is 2. The van der Waals surface area contributed by atoms with Crippen molar-refractivity contribution in [3.8, 4) is 0 Å². The Morgan fingerprint density at radius 3 is 2.70 bits per heavy atom. The van der Waals surface area contributed by atoms with E-state index in [0.29, 0.717) is 12.2 Å². The van der Waals surface area contributed by atoms with Gasteiger partial charge >= 0.3 is 0 Å². The number of amides is 1. The third-order valence-electron chi connectivity index (χ3n) is 5.76. The van der Waals surface area contributed by atoms with Crippen molar-refractivity contribution < 1.29 is 14.3 Å². The van der Waals surface area contributed by atoms with E-state index in [1.807, 2.05) is 12.1 Å². The summed E-state index contributed by atoms with van der Waals surface area (Å²) in [6.07, 6.45) is 15.6. The number of anilines is 3. The van der Waals surface area contributed by atoms with E-state index in [1.165, 1.54) is 11.8 Å². The van der Waals surface area contributed by atoms with Crippen molar-refractivity contribution in [2.75, 3.05) is 28.6 Å². The van der Waals surface area contributed by atoms with Crippen LogP contribution in [0.2, 0.25) is 0 Å². The number of allylic oxidation sites excluding steroid dienone is 3. The molecule has 0 bridgehead atoms. The lowest BCUT2D eigenvalue weighted by molar-refractivity contribution is -0.117. The van der Waals surface area contributed by atoms with E-state index in [-0.39, 0.29) is 17.4 Å². The van der Waals surface area contributed by atoms with E-state index in [4.69, 9.17) is 14.5 Å². The van der Waals surface area contributed by atoms with E-state index in [0.717, 1.165) is 56.1 Å². The minimum atomic E-state index is -0.194. The molecule has 7 nitrogen and oxygen atoms in total. The summed E-state index contributed by atoms with van der Waals surface area (Å²) in [6.45, 7) is 8.07. The number of carbonyl (C=O) groups excluding carboxylic acids is 1. The zero-order chi connectivity index (χ0) is 23.3. The molecule has 1 saturated heterocycles. The average Bonchev–Trinajstić information content (AvgIpc) is 3.33. The van der Waals surface area contributed by atoms with Gasteiger partial charge in [0.15, 0.2) is 11.6 Å². The molecule has 1 aromatic heterocycles. The number of hydrogen-bond acceptors (Lipinski definition) is 6. The summed E-state index contributed by atoms with van der Waals surface area (Å²) in [6, 6.07) is 3.67. The molecule has 176 valence electrons. The maximum absolute atomic E-state index is 12.6. The molecule has 1 atom stereocenters. The smallest absolute Gasteiger partial charge is 0.224 e. The van der Waals surface area contributed by atoms with Gasteiger partial charge in [0.05, 0.1) is 5.69 Å². The SMILES string of the molecule is CC(C)(C)CC(=O)Nc1ccc(NC(C2=CC=CCC2)C2=COC=CO2)nc1N1CCCC1. The summed E-state index contributed by atoms with van der Waals surface area (Å²) in [5, 5.41) is 6.64. The average molecular weight is 451 g/mol. The summed E-state index contributed by atoms with van der Waals surface area (Å²) in [5.41, 5.74) is 1.88.